The van der Waals surface area contributed by atoms with E-state index >= 15 is 0 Å². The molecule has 0 atom stereocenters. The summed E-state index contributed by atoms with van der Waals surface area (Å²) in [7, 11) is -4.45. The number of azide groups is 1. The third-order valence-corrected chi connectivity index (χ3v) is 2.28. The van der Waals surface area contributed by atoms with Crippen LogP contribution in [0.1, 0.15) is 0 Å². The molecule has 7 nitrogen and oxygen atoms in total. The molecule has 8 heteroatoms. The van der Waals surface area contributed by atoms with Crippen LogP contribution >= 0.6 is 0 Å². The molecule has 1 rings (SSSR count). The molecule has 0 spiro atoms. The van der Waals surface area contributed by atoms with Crippen molar-refractivity contribution >= 4 is 15.8 Å². The lowest BCUT2D eigenvalue weighted by atomic mass is 10.3. The highest BCUT2D eigenvalue weighted by Crippen LogP contribution is 2.27. The highest BCUT2D eigenvalue weighted by molar-refractivity contribution is 7.86. The molecule has 0 fully saturated rings. The summed E-state index contributed by atoms with van der Waals surface area (Å²) in [6.07, 6.45) is 0. The van der Waals surface area contributed by atoms with Crippen molar-refractivity contribution in [2.45, 2.75) is 4.90 Å². The topological polar surface area (TPSA) is 123 Å². The van der Waals surface area contributed by atoms with Gasteiger partial charge in [-0.2, -0.15) is 8.42 Å². The molecule has 0 saturated carbocycles. The Kier molecular flexibility index (Phi) is 2.61. The van der Waals surface area contributed by atoms with Crippen LogP contribution < -0.4 is 0 Å². The lowest BCUT2D eigenvalue weighted by molar-refractivity contribution is 0.443. The molecule has 0 aromatic heterocycles. The first kappa shape index (κ1) is 10.3. The SMILES string of the molecule is [N-]=[N+]=Nc1ccc(S(=O)(=O)O)c(O)c1. The first-order valence-corrected chi connectivity index (χ1v) is 4.75. The molecule has 0 saturated heterocycles. The Morgan fingerprint density at radius 2 is 2.07 bits per heavy atom. The largest absolute Gasteiger partial charge is 0.506 e. The summed E-state index contributed by atoms with van der Waals surface area (Å²) in [4.78, 5) is 1.81. The fraction of sp³-hybridized carbons (Fsp3) is 0. The van der Waals surface area contributed by atoms with E-state index in [9.17, 15) is 8.42 Å². The van der Waals surface area contributed by atoms with Crippen LogP contribution in [0.15, 0.2) is 28.2 Å². The van der Waals surface area contributed by atoms with Crippen LogP contribution in [0.3, 0.4) is 0 Å². The predicted octanol–water partition coefficient (Wildman–Crippen LogP) is 1.58. The number of rotatable bonds is 2. The van der Waals surface area contributed by atoms with Crippen LogP contribution in [0.2, 0.25) is 0 Å². The van der Waals surface area contributed by atoms with Crippen molar-refractivity contribution in [3.05, 3.63) is 28.6 Å². The molecule has 1 aromatic carbocycles. The highest BCUT2D eigenvalue weighted by atomic mass is 32.2. The van der Waals surface area contributed by atoms with Gasteiger partial charge in [0.2, 0.25) is 0 Å². The number of hydrogen-bond acceptors (Lipinski definition) is 4. The van der Waals surface area contributed by atoms with Crippen LogP contribution in [-0.4, -0.2) is 18.1 Å². The quantitative estimate of drug-likeness (QED) is 0.336. The van der Waals surface area contributed by atoms with Crippen molar-refractivity contribution < 1.29 is 18.1 Å². The van der Waals surface area contributed by atoms with Gasteiger partial charge in [-0.15, -0.1) is 0 Å². The van der Waals surface area contributed by atoms with E-state index in [1.54, 1.807) is 0 Å². The van der Waals surface area contributed by atoms with Gasteiger partial charge in [0.25, 0.3) is 10.1 Å². The predicted molar refractivity (Wildman–Crippen MR) is 46.7 cm³/mol. The summed E-state index contributed by atoms with van der Waals surface area (Å²) < 4.78 is 29.8. The first-order chi connectivity index (χ1) is 6.45. The molecule has 14 heavy (non-hydrogen) atoms. The second-order valence-electron chi connectivity index (χ2n) is 2.32. The molecule has 0 bridgehead atoms. The molecule has 0 amide bonds. The maximum Gasteiger partial charge on any atom is 0.298 e. The maximum absolute atomic E-state index is 10.6. The summed E-state index contributed by atoms with van der Waals surface area (Å²) in [6.45, 7) is 0. The van der Waals surface area contributed by atoms with Crippen LogP contribution in [0.4, 0.5) is 5.69 Å². The fourth-order valence-electron chi connectivity index (χ4n) is 0.838. The molecule has 0 aliphatic carbocycles. The van der Waals surface area contributed by atoms with Gasteiger partial charge in [-0.05, 0) is 17.7 Å². The fourth-order valence-corrected chi connectivity index (χ4v) is 1.40. The Hall–Kier alpha value is -1.76. The molecule has 0 unspecified atom stereocenters. The van der Waals surface area contributed by atoms with Gasteiger partial charge in [0.1, 0.15) is 10.6 Å². The highest BCUT2D eigenvalue weighted by Gasteiger charge is 2.14. The zero-order valence-corrected chi connectivity index (χ0v) is 7.51. The Labute approximate surface area is 79.0 Å². The van der Waals surface area contributed by atoms with Gasteiger partial charge in [0, 0.05) is 10.6 Å². The molecule has 74 valence electrons. The van der Waals surface area contributed by atoms with E-state index in [0.29, 0.717) is 0 Å². The maximum atomic E-state index is 10.6. The van der Waals surface area contributed by atoms with E-state index in [-0.39, 0.29) is 5.69 Å². The molecule has 0 aliphatic heterocycles. The number of phenolic OH excluding ortho intramolecular Hbond substituents is 1. The number of phenols is 1. The molecule has 1 aromatic rings. The van der Waals surface area contributed by atoms with Gasteiger partial charge < -0.3 is 5.11 Å². The van der Waals surface area contributed by atoms with Gasteiger partial charge >= 0.3 is 0 Å². The Bertz CT molecular complexity index is 504. The molecule has 0 radical (unpaired) electrons. The normalized spacial score (nSPS) is 10.6. The monoisotopic (exact) mass is 215 g/mol. The van der Waals surface area contributed by atoms with Crippen molar-refractivity contribution in [3.63, 3.8) is 0 Å². The molecular formula is C6H5N3O4S. The van der Waals surface area contributed by atoms with Crippen molar-refractivity contribution in [3.8, 4) is 5.75 Å². The summed E-state index contributed by atoms with van der Waals surface area (Å²) in [5, 5.41) is 12.3. The molecular weight excluding hydrogens is 210 g/mol. The van der Waals surface area contributed by atoms with E-state index in [4.69, 9.17) is 15.2 Å². The first-order valence-electron chi connectivity index (χ1n) is 3.31. The minimum Gasteiger partial charge on any atom is -0.506 e. The lowest BCUT2D eigenvalue weighted by Crippen LogP contribution is -1.97. The molecule has 0 aliphatic rings. The molecule has 2 N–H and O–H groups in total. The molecule has 0 heterocycles. The van der Waals surface area contributed by atoms with E-state index in [1.165, 1.54) is 0 Å². The van der Waals surface area contributed by atoms with Crippen LogP contribution in [0.5, 0.6) is 5.75 Å². The number of benzene rings is 1. The zero-order valence-electron chi connectivity index (χ0n) is 6.69. The Balaban J connectivity index is 3.35. The van der Waals surface area contributed by atoms with Gasteiger partial charge in [-0.3, -0.25) is 4.55 Å². The van der Waals surface area contributed by atoms with Crippen LogP contribution in [0.25, 0.3) is 10.4 Å². The van der Waals surface area contributed by atoms with Crippen molar-refractivity contribution in [2.75, 3.05) is 0 Å². The summed E-state index contributed by atoms with van der Waals surface area (Å²) in [5.41, 5.74) is 8.10. The lowest BCUT2D eigenvalue weighted by Gasteiger charge is -2.00. The van der Waals surface area contributed by atoms with Gasteiger partial charge in [-0.1, -0.05) is 11.2 Å². The number of hydrogen-bond donors (Lipinski definition) is 2. The van der Waals surface area contributed by atoms with Gasteiger partial charge in [-0.25, -0.2) is 0 Å². The minimum atomic E-state index is -4.45. The van der Waals surface area contributed by atoms with Crippen molar-refractivity contribution in [1.82, 2.24) is 0 Å². The summed E-state index contributed by atoms with van der Waals surface area (Å²) in [5.74, 6) is -0.669. The number of nitrogens with zero attached hydrogens (tertiary/aromatic N) is 3. The van der Waals surface area contributed by atoms with E-state index in [0.717, 1.165) is 18.2 Å². The van der Waals surface area contributed by atoms with Crippen molar-refractivity contribution in [2.24, 2.45) is 5.11 Å². The van der Waals surface area contributed by atoms with E-state index in [2.05, 4.69) is 10.0 Å². The second-order valence-corrected chi connectivity index (χ2v) is 3.71. The second kappa shape index (κ2) is 3.54. The third kappa shape index (κ3) is 2.13. The Morgan fingerprint density at radius 3 is 2.50 bits per heavy atom. The third-order valence-electron chi connectivity index (χ3n) is 1.38. The van der Waals surface area contributed by atoms with Gasteiger partial charge in [0.05, 0.1) is 0 Å². The minimum absolute atomic E-state index is 0.0531. The summed E-state index contributed by atoms with van der Waals surface area (Å²) in [6, 6.07) is 3.03. The number of aromatic hydroxyl groups is 1. The van der Waals surface area contributed by atoms with Crippen molar-refractivity contribution in [1.29, 1.82) is 0 Å². The Morgan fingerprint density at radius 1 is 1.43 bits per heavy atom. The standard InChI is InChI=1S/C6H5N3O4S/c7-9-8-4-1-2-6(5(10)3-4)14(11,12)13/h1-3,10H,(H,11,12,13). The summed E-state index contributed by atoms with van der Waals surface area (Å²) >= 11 is 0. The average molecular weight is 215 g/mol. The van der Waals surface area contributed by atoms with E-state index < -0.39 is 20.8 Å². The van der Waals surface area contributed by atoms with Gasteiger partial charge in [0.15, 0.2) is 0 Å². The van der Waals surface area contributed by atoms with E-state index in [1.807, 2.05) is 0 Å². The zero-order chi connectivity index (χ0) is 10.8. The van der Waals surface area contributed by atoms with Crippen LogP contribution in [-0.2, 0) is 10.1 Å². The van der Waals surface area contributed by atoms with Crippen LogP contribution in [0, 0.1) is 0 Å². The average Bonchev–Trinajstić information content (AvgIpc) is 2.02. The smallest absolute Gasteiger partial charge is 0.298 e.